The first-order valence-electron chi connectivity index (χ1n) is 8.19. The quantitative estimate of drug-likeness (QED) is 0.830. The monoisotopic (exact) mass is 266 g/mol. The molecule has 0 aromatic rings. The number of carbonyl (C=O) groups excluding carboxylic acids is 1. The maximum Gasteiger partial charge on any atom is 0.224 e. The minimum atomic E-state index is 0.389. The SMILES string of the molecule is CC(C)CN(C(=O)CC1CCCCN1)C1CCCC1. The zero-order valence-corrected chi connectivity index (χ0v) is 12.7. The largest absolute Gasteiger partial charge is 0.339 e. The molecule has 1 N–H and O–H groups in total. The van der Waals surface area contributed by atoms with E-state index in [9.17, 15) is 4.79 Å². The highest BCUT2D eigenvalue weighted by Gasteiger charge is 2.28. The fourth-order valence-electron chi connectivity index (χ4n) is 3.49. The first kappa shape index (κ1) is 14.8. The summed E-state index contributed by atoms with van der Waals surface area (Å²) >= 11 is 0. The van der Waals surface area contributed by atoms with Crippen LogP contribution in [0.4, 0.5) is 0 Å². The highest BCUT2D eigenvalue weighted by Crippen LogP contribution is 2.25. The average Bonchev–Trinajstić information content (AvgIpc) is 2.90. The molecular weight excluding hydrogens is 236 g/mol. The summed E-state index contributed by atoms with van der Waals surface area (Å²) in [5.41, 5.74) is 0. The van der Waals surface area contributed by atoms with Crippen LogP contribution in [-0.2, 0) is 4.79 Å². The van der Waals surface area contributed by atoms with Gasteiger partial charge in [0.05, 0.1) is 0 Å². The van der Waals surface area contributed by atoms with Gasteiger partial charge >= 0.3 is 0 Å². The van der Waals surface area contributed by atoms with E-state index in [1.54, 1.807) is 0 Å². The molecule has 110 valence electrons. The van der Waals surface area contributed by atoms with Gasteiger partial charge < -0.3 is 10.2 Å². The third kappa shape index (κ3) is 4.48. The molecule has 1 saturated heterocycles. The van der Waals surface area contributed by atoms with Crippen molar-refractivity contribution < 1.29 is 4.79 Å². The molecule has 0 bridgehead atoms. The highest BCUT2D eigenvalue weighted by atomic mass is 16.2. The summed E-state index contributed by atoms with van der Waals surface area (Å²) in [6, 6.07) is 0.954. The molecule has 0 aromatic carbocycles. The fraction of sp³-hybridized carbons (Fsp3) is 0.938. The van der Waals surface area contributed by atoms with Gasteiger partial charge in [-0.15, -0.1) is 0 Å². The molecule has 19 heavy (non-hydrogen) atoms. The number of hydrogen-bond acceptors (Lipinski definition) is 2. The molecule has 0 aromatic heterocycles. The van der Waals surface area contributed by atoms with Crippen molar-refractivity contribution in [3.8, 4) is 0 Å². The summed E-state index contributed by atoms with van der Waals surface area (Å²) in [5.74, 6) is 0.962. The molecule has 1 unspecified atom stereocenters. The lowest BCUT2D eigenvalue weighted by Crippen LogP contribution is -2.45. The van der Waals surface area contributed by atoms with E-state index in [1.807, 2.05) is 0 Å². The number of amides is 1. The molecule has 2 fully saturated rings. The van der Waals surface area contributed by atoms with Crippen LogP contribution in [0.1, 0.15) is 65.2 Å². The molecular formula is C16H30N2O. The van der Waals surface area contributed by atoms with Gasteiger partial charge in [0, 0.05) is 25.0 Å². The molecule has 0 spiro atoms. The minimum absolute atomic E-state index is 0.389. The van der Waals surface area contributed by atoms with Gasteiger partial charge in [-0.05, 0) is 38.1 Å². The van der Waals surface area contributed by atoms with E-state index in [0.717, 1.165) is 13.1 Å². The second-order valence-electron chi connectivity index (χ2n) is 6.73. The van der Waals surface area contributed by atoms with Crippen molar-refractivity contribution in [1.29, 1.82) is 0 Å². The second-order valence-corrected chi connectivity index (χ2v) is 6.73. The van der Waals surface area contributed by atoms with Crippen LogP contribution in [0.5, 0.6) is 0 Å². The summed E-state index contributed by atoms with van der Waals surface area (Å²) in [6.07, 6.45) is 9.46. The number of nitrogens with zero attached hydrogens (tertiary/aromatic N) is 1. The van der Waals surface area contributed by atoms with Crippen molar-refractivity contribution in [2.24, 2.45) is 5.92 Å². The Morgan fingerprint density at radius 3 is 2.42 bits per heavy atom. The maximum atomic E-state index is 12.6. The van der Waals surface area contributed by atoms with Crippen LogP contribution in [0.2, 0.25) is 0 Å². The third-order valence-corrected chi connectivity index (χ3v) is 4.48. The maximum absolute atomic E-state index is 12.6. The van der Waals surface area contributed by atoms with Crippen LogP contribution >= 0.6 is 0 Å². The van der Waals surface area contributed by atoms with Gasteiger partial charge in [-0.25, -0.2) is 0 Å². The predicted molar refractivity (Wildman–Crippen MR) is 79.1 cm³/mol. The Labute approximate surface area is 118 Å². The van der Waals surface area contributed by atoms with Crippen molar-refractivity contribution in [3.63, 3.8) is 0 Å². The lowest BCUT2D eigenvalue weighted by Gasteiger charge is -2.33. The number of piperidine rings is 1. The average molecular weight is 266 g/mol. The molecule has 1 heterocycles. The van der Waals surface area contributed by atoms with Crippen LogP contribution in [0.15, 0.2) is 0 Å². The predicted octanol–water partition coefficient (Wildman–Crippen LogP) is 2.95. The Bertz CT molecular complexity index is 278. The Balaban J connectivity index is 1.89. The summed E-state index contributed by atoms with van der Waals surface area (Å²) in [6.45, 7) is 6.46. The van der Waals surface area contributed by atoms with Gasteiger partial charge in [-0.2, -0.15) is 0 Å². The summed E-state index contributed by atoms with van der Waals surface area (Å²) in [4.78, 5) is 14.8. The van der Waals surface area contributed by atoms with E-state index < -0.39 is 0 Å². The first-order valence-corrected chi connectivity index (χ1v) is 8.19. The van der Waals surface area contributed by atoms with E-state index >= 15 is 0 Å². The summed E-state index contributed by atoms with van der Waals surface area (Å²) < 4.78 is 0. The molecule has 3 heteroatoms. The number of hydrogen-bond donors (Lipinski definition) is 1. The summed E-state index contributed by atoms with van der Waals surface area (Å²) in [5, 5.41) is 3.50. The van der Waals surface area contributed by atoms with Crippen molar-refractivity contribution in [3.05, 3.63) is 0 Å². The van der Waals surface area contributed by atoms with Gasteiger partial charge in [0.25, 0.3) is 0 Å². The molecule has 2 rings (SSSR count). The number of rotatable bonds is 5. The van der Waals surface area contributed by atoms with Crippen LogP contribution in [0.3, 0.4) is 0 Å². The zero-order valence-electron chi connectivity index (χ0n) is 12.7. The Kier molecular flexibility index (Phi) is 5.68. The zero-order chi connectivity index (χ0) is 13.7. The van der Waals surface area contributed by atoms with Gasteiger partial charge in [0.15, 0.2) is 0 Å². The molecule has 3 nitrogen and oxygen atoms in total. The van der Waals surface area contributed by atoms with Gasteiger partial charge in [0.2, 0.25) is 5.91 Å². The third-order valence-electron chi connectivity index (χ3n) is 4.48. The lowest BCUT2D eigenvalue weighted by molar-refractivity contribution is -0.134. The van der Waals surface area contributed by atoms with Crippen LogP contribution in [-0.4, -0.2) is 36.0 Å². The topological polar surface area (TPSA) is 32.3 Å². The number of nitrogens with one attached hydrogen (secondary N) is 1. The molecule has 1 saturated carbocycles. The lowest BCUT2D eigenvalue weighted by atomic mass is 10.0. The molecule has 2 aliphatic rings. The van der Waals surface area contributed by atoms with Crippen molar-refractivity contribution in [1.82, 2.24) is 10.2 Å². The van der Waals surface area contributed by atoms with Gasteiger partial charge in [0.1, 0.15) is 0 Å². The molecule has 1 amide bonds. The Morgan fingerprint density at radius 2 is 1.84 bits per heavy atom. The molecule has 1 aliphatic heterocycles. The van der Waals surface area contributed by atoms with Crippen LogP contribution < -0.4 is 5.32 Å². The first-order chi connectivity index (χ1) is 9.16. The summed E-state index contributed by atoms with van der Waals surface area (Å²) in [7, 11) is 0. The molecule has 0 radical (unpaired) electrons. The number of carbonyl (C=O) groups is 1. The fourth-order valence-corrected chi connectivity index (χ4v) is 3.49. The van der Waals surface area contributed by atoms with Crippen LogP contribution in [0.25, 0.3) is 0 Å². The van der Waals surface area contributed by atoms with E-state index in [-0.39, 0.29) is 0 Å². The van der Waals surface area contributed by atoms with Crippen molar-refractivity contribution in [2.45, 2.75) is 77.3 Å². The normalized spacial score (nSPS) is 24.9. The molecule has 1 atom stereocenters. The highest BCUT2D eigenvalue weighted by molar-refractivity contribution is 5.77. The van der Waals surface area contributed by atoms with Gasteiger partial charge in [-0.1, -0.05) is 33.1 Å². The second kappa shape index (κ2) is 7.28. The molecule has 1 aliphatic carbocycles. The minimum Gasteiger partial charge on any atom is -0.339 e. The van der Waals surface area contributed by atoms with Gasteiger partial charge in [-0.3, -0.25) is 4.79 Å². The van der Waals surface area contributed by atoms with Crippen molar-refractivity contribution in [2.75, 3.05) is 13.1 Å². The van der Waals surface area contributed by atoms with Crippen LogP contribution in [0, 0.1) is 5.92 Å². The Hall–Kier alpha value is -0.570. The van der Waals surface area contributed by atoms with E-state index in [1.165, 1.54) is 44.9 Å². The van der Waals surface area contributed by atoms with E-state index in [2.05, 4.69) is 24.1 Å². The standard InChI is InChI=1S/C16H30N2O/c1-13(2)12-18(15-8-3-4-9-15)16(19)11-14-7-5-6-10-17-14/h13-15,17H,3-12H2,1-2H3. The van der Waals surface area contributed by atoms with Crippen molar-refractivity contribution >= 4 is 5.91 Å². The smallest absolute Gasteiger partial charge is 0.224 e. The Morgan fingerprint density at radius 1 is 1.16 bits per heavy atom. The van der Waals surface area contributed by atoms with E-state index in [4.69, 9.17) is 0 Å². The van der Waals surface area contributed by atoms with E-state index in [0.29, 0.717) is 30.3 Å².